The first-order valence-electron chi connectivity index (χ1n) is 13.2. The number of ether oxygens (including phenoxy) is 4. The predicted octanol–water partition coefficient (Wildman–Crippen LogP) is 6.75. The lowest BCUT2D eigenvalue weighted by Gasteiger charge is -2.17. The Morgan fingerprint density at radius 3 is 2.52 bits per heavy atom. The van der Waals surface area contributed by atoms with Crippen LogP contribution in [-0.4, -0.2) is 49.3 Å². The van der Waals surface area contributed by atoms with E-state index in [9.17, 15) is 9.59 Å². The topological polar surface area (TPSA) is 101 Å². The van der Waals surface area contributed by atoms with Gasteiger partial charge in [-0.15, -0.1) is 0 Å². The van der Waals surface area contributed by atoms with E-state index >= 15 is 0 Å². The van der Waals surface area contributed by atoms with Gasteiger partial charge in [0, 0.05) is 15.6 Å². The van der Waals surface area contributed by atoms with Gasteiger partial charge < -0.3 is 18.9 Å². The Morgan fingerprint density at radius 2 is 1.86 bits per heavy atom. The summed E-state index contributed by atoms with van der Waals surface area (Å²) in [5.74, 6) is 1.20. The average Bonchev–Trinajstić information content (AvgIpc) is 2.97. The highest BCUT2D eigenvalue weighted by Gasteiger charge is 2.20. The normalized spacial score (nSPS) is 11.4. The molecule has 0 aliphatic carbocycles. The van der Waals surface area contributed by atoms with E-state index in [4.69, 9.17) is 35.5 Å². The number of fused-ring (bicyclic) bond motifs is 1. The van der Waals surface area contributed by atoms with Crippen LogP contribution in [0.3, 0.4) is 0 Å². The molecule has 4 aromatic rings. The van der Waals surface area contributed by atoms with Gasteiger partial charge in [0.2, 0.25) is 0 Å². The number of aryl methyl sites for hydroxylation is 1. The maximum absolute atomic E-state index is 13.8. The molecule has 0 spiro atoms. The number of methoxy groups -OCH3 is 2. The molecule has 9 nitrogen and oxygen atoms in total. The fourth-order valence-electron chi connectivity index (χ4n) is 4.41. The Labute approximate surface area is 257 Å². The van der Waals surface area contributed by atoms with Crippen molar-refractivity contribution in [2.75, 3.05) is 27.4 Å². The van der Waals surface area contributed by atoms with Crippen molar-refractivity contribution in [2.24, 2.45) is 5.10 Å². The van der Waals surface area contributed by atoms with E-state index in [2.05, 4.69) is 34.9 Å². The number of para-hydroxylation sites is 1. The van der Waals surface area contributed by atoms with Crippen LogP contribution in [0.1, 0.15) is 43.4 Å². The predicted molar refractivity (Wildman–Crippen MR) is 168 cm³/mol. The minimum Gasteiger partial charge on any atom is -0.496 e. The minimum atomic E-state index is -0.539. The molecule has 0 aliphatic rings. The van der Waals surface area contributed by atoms with Gasteiger partial charge in [0.15, 0.2) is 23.9 Å². The number of hydrogen-bond acceptors (Lipinski definition) is 8. The molecule has 0 aliphatic heterocycles. The Bertz CT molecular complexity index is 1730. The molecule has 0 unspecified atom stereocenters. The first-order valence-corrected chi connectivity index (χ1v) is 14.4. The molecule has 4 rings (SSSR count). The quantitative estimate of drug-likeness (QED) is 0.137. The average molecular weight is 657 g/mol. The van der Waals surface area contributed by atoms with Crippen LogP contribution < -0.4 is 19.8 Å². The summed E-state index contributed by atoms with van der Waals surface area (Å²) in [4.78, 5) is 30.5. The number of hydrogen-bond donors (Lipinski definition) is 0. The molecule has 42 heavy (non-hydrogen) atoms. The third-order valence-corrected chi connectivity index (χ3v) is 7.96. The van der Waals surface area contributed by atoms with Crippen molar-refractivity contribution in [3.63, 3.8) is 0 Å². The molecule has 0 bridgehead atoms. The third kappa shape index (κ3) is 6.29. The number of esters is 1. The number of carbonyl (C=O) groups is 1. The van der Waals surface area contributed by atoms with Crippen LogP contribution in [0.2, 0.25) is 5.02 Å². The molecule has 0 amide bonds. The molecule has 1 aromatic heterocycles. The number of benzene rings is 3. The van der Waals surface area contributed by atoms with Gasteiger partial charge in [-0.25, -0.2) is 9.78 Å². The Morgan fingerprint density at radius 1 is 1.14 bits per heavy atom. The summed E-state index contributed by atoms with van der Waals surface area (Å²) in [6.45, 7) is 7.68. The first kappa shape index (κ1) is 31.1. The molecule has 0 saturated carbocycles. The zero-order valence-corrected chi connectivity index (χ0v) is 26.5. The Balaban J connectivity index is 1.88. The smallest absolute Gasteiger partial charge is 0.344 e. The molecule has 11 heteroatoms. The Hall–Kier alpha value is -3.89. The zero-order valence-electron chi connectivity index (χ0n) is 24.2. The van der Waals surface area contributed by atoms with Crippen molar-refractivity contribution < 1.29 is 23.7 Å². The summed E-state index contributed by atoms with van der Waals surface area (Å²) < 4.78 is 23.3. The van der Waals surface area contributed by atoms with Crippen LogP contribution in [0.5, 0.6) is 17.2 Å². The number of carbonyl (C=O) groups excluding carboxylic acids is 1. The van der Waals surface area contributed by atoms with Crippen molar-refractivity contribution >= 4 is 50.6 Å². The van der Waals surface area contributed by atoms with Gasteiger partial charge in [-0.05, 0) is 77.2 Å². The van der Waals surface area contributed by atoms with Crippen molar-refractivity contribution in [3.05, 3.63) is 79.0 Å². The summed E-state index contributed by atoms with van der Waals surface area (Å²) in [5, 5.41) is 5.18. The lowest BCUT2D eigenvalue weighted by Crippen LogP contribution is -2.21. The fourth-order valence-corrected chi connectivity index (χ4v) is 5.06. The van der Waals surface area contributed by atoms with Crippen LogP contribution in [0, 0.1) is 6.92 Å². The highest BCUT2D eigenvalue weighted by Crippen LogP contribution is 2.42. The monoisotopic (exact) mass is 655 g/mol. The number of halogens is 2. The number of rotatable bonds is 10. The van der Waals surface area contributed by atoms with Crippen LogP contribution in [0.25, 0.3) is 22.3 Å². The van der Waals surface area contributed by atoms with Crippen LogP contribution in [0.4, 0.5) is 0 Å². The second kappa shape index (κ2) is 13.4. The second-order valence-electron chi connectivity index (χ2n) is 9.60. The minimum absolute atomic E-state index is 0.163. The van der Waals surface area contributed by atoms with E-state index in [0.29, 0.717) is 26.8 Å². The largest absolute Gasteiger partial charge is 0.496 e. The summed E-state index contributed by atoms with van der Waals surface area (Å²) >= 11 is 10.1. The van der Waals surface area contributed by atoms with Crippen LogP contribution in [0.15, 0.2) is 56.8 Å². The van der Waals surface area contributed by atoms with E-state index in [1.165, 1.54) is 18.0 Å². The molecule has 0 radical (unpaired) electrons. The van der Waals surface area contributed by atoms with E-state index in [1.807, 2.05) is 25.1 Å². The van der Waals surface area contributed by atoms with Gasteiger partial charge in [-0.3, -0.25) is 4.79 Å². The molecule has 220 valence electrons. The van der Waals surface area contributed by atoms with E-state index < -0.39 is 5.97 Å². The van der Waals surface area contributed by atoms with Crippen molar-refractivity contribution in [1.29, 1.82) is 0 Å². The van der Waals surface area contributed by atoms with Gasteiger partial charge in [0.25, 0.3) is 5.56 Å². The van der Waals surface area contributed by atoms with Gasteiger partial charge in [0.05, 0.1) is 37.9 Å². The number of nitrogens with zero attached hydrogens (tertiary/aromatic N) is 3. The molecular formula is C31H31BrClN3O6. The van der Waals surface area contributed by atoms with Gasteiger partial charge in [0.1, 0.15) is 10.8 Å². The zero-order chi connectivity index (χ0) is 30.6. The van der Waals surface area contributed by atoms with E-state index in [1.54, 1.807) is 38.3 Å². The summed E-state index contributed by atoms with van der Waals surface area (Å²) in [5.41, 5.74) is 3.32. The summed E-state index contributed by atoms with van der Waals surface area (Å²) in [6.07, 6.45) is 1.48. The molecule has 0 saturated heterocycles. The van der Waals surface area contributed by atoms with E-state index in [0.717, 1.165) is 22.4 Å². The van der Waals surface area contributed by atoms with E-state index in [-0.39, 0.29) is 41.2 Å². The maximum Gasteiger partial charge on any atom is 0.344 e. The van der Waals surface area contributed by atoms with Crippen molar-refractivity contribution in [2.45, 2.75) is 33.6 Å². The number of aromatic nitrogens is 2. The highest BCUT2D eigenvalue weighted by molar-refractivity contribution is 9.10. The van der Waals surface area contributed by atoms with Gasteiger partial charge >= 0.3 is 5.97 Å². The summed E-state index contributed by atoms with van der Waals surface area (Å²) in [7, 11) is 3.09. The van der Waals surface area contributed by atoms with Crippen molar-refractivity contribution in [1.82, 2.24) is 9.66 Å². The molecule has 1 heterocycles. The van der Waals surface area contributed by atoms with Crippen LogP contribution >= 0.6 is 27.5 Å². The van der Waals surface area contributed by atoms with Gasteiger partial charge in [-0.2, -0.15) is 9.78 Å². The lowest BCUT2D eigenvalue weighted by atomic mass is 9.96. The molecule has 0 N–H and O–H groups in total. The molecular weight excluding hydrogens is 626 g/mol. The fraction of sp³-hybridized carbons (Fsp3) is 0.290. The highest BCUT2D eigenvalue weighted by atomic mass is 79.9. The molecule has 3 aromatic carbocycles. The summed E-state index contributed by atoms with van der Waals surface area (Å²) in [6, 6.07) is 12.7. The first-order chi connectivity index (χ1) is 20.1. The van der Waals surface area contributed by atoms with Crippen molar-refractivity contribution in [3.8, 4) is 28.6 Å². The molecule has 0 fully saturated rings. The maximum atomic E-state index is 13.8. The van der Waals surface area contributed by atoms with Crippen LogP contribution in [-0.2, 0) is 9.53 Å². The lowest BCUT2D eigenvalue weighted by molar-refractivity contribution is -0.145. The van der Waals surface area contributed by atoms with Gasteiger partial charge in [-0.1, -0.05) is 37.6 Å². The SMILES string of the molecule is CCOC(=O)COc1c(OC)cc(C=Nn2c(-c3cc(C(C)C)c(OC)cc3C)nc3ccccc3c2=O)c(Br)c1Cl. The Kier molecular flexibility index (Phi) is 9.90. The molecule has 0 atom stereocenters. The standard InChI is InChI=1S/C31H31BrClN3O6/c1-7-41-26(37)16-42-29-25(40-6)13-19(27(32)28(29)33)15-34-36-30(35-23-11-9-8-10-20(23)31(36)38)22-14-21(17(2)3)24(39-5)12-18(22)4/h8-15,17H,7,16H2,1-6H3. The second-order valence-corrected chi connectivity index (χ2v) is 10.8. The third-order valence-electron chi connectivity index (χ3n) is 6.52.